The minimum Gasteiger partial charge on any atom is -0.507 e. The van der Waals surface area contributed by atoms with Gasteiger partial charge in [0.2, 0.25) is 11.7 Å². The van der Waals surface area contributed by atoms with E-state index >= 15 is 0 Å². The van der Waals surface area contributed by atoms with Crippen LogP contribution < -0.4 is 19.5 Å². The predicted molar refractivity (Wildman–Crippen MR) is 158 cm³/mol. The first-order valence-electron chi connectivity index (χ1n) is 14.1. The van der Waals surface area contributed by atoms with Gasteiger partial charge in [0.25, 0.3) is 0 Å². The number of benzene rings is 2. The molecule has 3 rings (SSSR count). The zero-order valence-corrected chi connectivity index (χ0v) is 24.9. The molecule has 43 heavy (non-hydrogen) atoms. The summed E-state index contributed by atoms with van der Waals surface area (Å²) >= 11 is 0. The Hall–Kier alpha value is -4.72. The molecule has 3 N–H and O–H groups in total. The van der Waals surface area contributed by atoms with E-state index < -0.39 is 29.6 Å². The molecular formula is C32H38N2O9. The number of fused-ring (bicyclic) bond motifs is 1. The van der Waals surface area contributed by atoms with Gasteiger partial charge in [0.15, 0.2) is 11.5 Å². The maximum atomic E-state index is 13.5. The standard InChI is InChI=1S/C32H38N2O9/c1-19-9-8-12-22(35)11-7-5-6-10-20-15-24(36)29(30(38)28(20)32(39)43-19)23(18-27(37)34-14-13-33)21-16-25(40-2)31(42-4)26(17-21)41-3/h6,10,15-17,19,23,36,38H,5,7-9,11-12,14,18H2,1-4H3,(H,34,37)/t19-,23?/m0/s1. The normalized spacial score (nSPS) is 16.6. The molecule has 0 spiro atoms. The number of carbonyl (C=O) groups is 3. The number of aromatic hydroxyl groups is 2. The number of hydrogen-bond donors (Lipinski definition) is 3. The highest BCUT2D eigenvalue weighted by atomic mass is 16.5. The van der Waals surface area contributed by atoms with Crippen molar-refractivity contribution in [1.82, 2.24) is 5.32 Å². The number of methoxy groups -OCH3 is 3. The first kappa shape index (κ1) is 32.8. The lowest BCUT2D eigenvalue weighted by Crippen LogP contribution is -2.26. The minimum atomic E-state index is -1.02. The fraction of sp³-hybridized carbons (Fsp3) is 0.438. The van der Waals surface area contributed by atoms with Crippen molar-refractivity contribution >= 4 is 23.7 Å². The van der Waals surface area contributed by atoms with Crippen LogP contribution >= 0.6 is 0 Å². The van der Waals surface area contributed by atoms with Crippen molar-refractivity contribution in [3.8, 4) is 34.8 Å². The SMILES string of the molecule is COc1cc(C(CC(=O)NCC#N)c2c(O)cc3c(c2O)C(=O)O[C@@H](C)CCCC(=O)CCCC=C3)cc(OC)c1OC. The Kier molecular flexibility index (Phi) is 11.8. The molecule has 1 aliphatic rings. The van der Waals surface area contributed by atoms with E-state index in [4.69, 9.17) is 24.2 Å². The molecule has 0 radical (unpaired) electrons. The van der Waals surface area contributed by atoms with Crippen LogP contribution in [0.3, 0.4) is 0 Å². The van der Waals surface area contributed by atoms with Crippen molar-refractivity contribution in [3.05, 3.63) is 46.5 Å². The number of Topliss-reactive ketones (excluding diaryl/α,β-unsaturated/α-hetero) is 1. The summed E-state index contributed by atoms with van der Waals surface area (Å²) in [6, 6.07) is 6.34. The van der Waals surface area contributed by atoms with E-state index in [2.05, 4.69) is 5.32 Å². The molecule has 2 aromatic rings. The number of cyclic esters (lactones) is 1. The van der Waals surface area contributed by atoms with Crippen LogP contribution in [0.2, 0.25) is 0 Å². The molecule has 11 nitrogen and oxygen atoms in total. The second-order valence-corrected chi connectivity index (χ2v) is 10.2. The molecule has 0 fully saturated rings. The van der Waals surface area contributed by atoms with Crippen LogP contribution in [-0.2, 0) is 14.3 Å². The topological polar surface area (TPSA) is 164 Å². The molecule has 0 bridgehead atoms. The van der Waals surface area contributed by atoms with Crippen molar-refractivity contribution in [1.29, 1.82) is 5.26 Å². The van der Waals surface area contributed by atoms with Crippen LogP contribution in [0, 0.1) is 11.3 Å². The van der Waals surface area contributed by atoms with Gasteiger partial charge < -0.3 is 34.5 Å². The number of carbonyl (C=O) groups excluding carboxylic acids is 3. The lowest BCUT2D eigenvalue weighted by molar-refractivity contribution is -0.121. The Bertz CT molecular complexity index is 1390. The van der Waals surface area contributed by atoms with Gasteiger partial charge in [0.05, 0.1) is 33.5 Å². The molecule has 0 saturated carbocycles. The van der Waals surface area contributed by atoms with E-state index in [1.807, 2.05) is 6.07 Å². The van der Waals surface area contributed by atoms with E-state index in [9.17, 15) is 24.6 Å². The number of rotatable bonds is 8. The lowest BCUT2D eigenvalue weighted by atomic mass is 9.84. The van der Waals surface area contributed by atoms with Gasteiger partial charge in [0.1, 0.15) is 29.4 Å². The first-order chi connectivity index (χ1) is 20.6. The summed E-state index contributed by atoms with van der Waals surface area (Å²) in [5.41, 5.74) is 0.357. The van der Waals surface area contributed by atoms with Gasteiger partial charge in [-0.2, -0.15) is 5.26 Å². The number of ether oxygens (including phenoxy) is 4. The molecule has 1 amide bonds. The van der Waals surface area contributed by atoms with E-state index in [1.54, 1.807) is 31.2 Å². The summed E-state index contributed by atoms with van der Waals surface area (Å²) in [6.45, 7) is 1.46. The van der Waals surface area contributed by atoms with Crippen molar-refractivity contribution in [2.24, 2.45) is 0 Å². The summed E-state index contributed by atoms with van der Waals surface area (Å²) in [5, 5.41) is 34.4. The van der Waals surface area contributed by atoms with E-state index in [1.165, 1.54) is 27.4 Å². The molecule has 11 heteroatoms. The third-order valence-electron chi connectivity index (χ3n) is 7.24. The fourth-order valence-electron chi connectivity index (χ4n) is 5.10. The van der Waals surface area contributed by atoms with Gasteiger partial charge in [-0.1, -0.05) is 12.2 Å². The molecule has 2 atom stereocenters. The molecular weight excluding hydrogens is 556 g/mol. The number of nitriles is 1. The zero-order chi connectivity index (χ0) is 31.5. The third kappa shape index (κ3) is 8.19. The highest BCUT2D eigenvalue weighted by molar-refractivity contribution is 5.98. The number of ketones is 1. The van der Waals surface area contributed by atoms with Gasteiger partial charge in [-0.15, -0.1) is 0 Å². The Morgan fingerprint density at radius 3 is 2.40 bits per heavy atom. The molecule has 2 aromatic carbocycles. The highest BCUT2D eigenvalue weighted by Crippen LogP contribution is 2.47. The predicted octanol–water partition coefficient (Wildman–Crippen LogP) is 4.77. The van der Waals surface area contributed by atoms with Crippen LogP contribution in [0.5, 0.6) is 28.7 Å². The average Bonchev–Trinajstić information content (AvgIpc) is 2.97. The maximum Gasteiger partial charge on any atom is 0.342 e. The number of allylic oxidation sites excluding steroid dienone is 1. The second-order valence-electron chi connectivity index (χ2n) is 10.2. The van der Waals surface area contributed by atoms with Crippen LogP contribution in [-0.4, -0.2) is 61.9 Å². The number of nitrogens with one attached hydrogen (secondary N) is 1. The summed E-state index contributed by atoms with van der Waals surface area (Å²) in [4.78, 5) is 38.5. The Balaban J connectivity index is 2.24. The quantitative estimate of drug-likeness (QED) is 0.286. The first-order valence-corrected chi connectivity index (χ1v) is 14.1. The van der Waals surface area contributed by atoms with E-state index in [0.29, 0.717) is 49.8 Å². The maximum absolute atomic E-state index is 13.5. The second kappa shape index (κ2) is 15.5. The zero-order valence-electron chi connectivity index (χ0n) is 24.9. The Morgan fingerprint density at radius 2 is 1.77 bits per heavy atom. The molecule has 1 unspecified atom stereocenters. The van der Waals surface area contributed by atoms with E-state index in [0.717, 1.165) is 0 Å². The van der Waals surface area contributed by atoms with Crippen molar-refractivity contribution in [2.45, 2.75) is 63.9 Å². The monoisotopic (exact) mass is 594 g/mol. The number of phenols is 2. The lowest BCUT2D eigenvalue weighted by Gasteiger charge is -2.24. The van der Waals surface area contributed by atoms with E-state index in [-0.39, 0.29) is 52.7 Å². The Morgan fingerprint density at radius 1 is 1.09 bits per heavy atom. The number of phenolic OH excluding ortho intramolecular Hbond substituents is 2. The smallest absolute Gasteiger partial charge is 0.342 e. The molecule has 1 aliphatic heterocycles. The third-order valence-corrected chi connectivity index (χ3v) is 7.24. The highest BCUT2D eigenvalue weighted by Gasteiger charge is 2.32. The number of amides is 1. The summed E-state index contributed by atoms with van der Waals surface area (Å²) in [5.74, 6) is -2.31. The molecule has 0 saturated heterocycles. The van der Waals surface area contributed by atoms with Gasteiger partial charge in [-0.25, -0.2) is 4.79 Å². The van der Waals surface area contributed by atoms with Crippen LogP contribution in [0.1, 0.15) is 84.8 Å². The minimum absolute atomic E-state index is 0.0927. The van der Waals surface area contributed by atoms with Crippen LogP contribution in [0.15, 0.2) is 24.3 Å². The summed E-state index contributed by atoms with van der Waals surface area (Å²) in [7, 11) is 4.29. The summed E-state index contributed by atoms with van der Waals surface area (Å²) in [6.07, 6.45) is 5.53. The number of esters is 1. The van der Waals surface area contributed by atoms with Gasteiger partial charge in [-0.3, -0.25) is 9.59 Å². The number of hydrogen-bond acceptors (Lipinski definition) is 10. The van der Waals surface area contributed by atoms with Crippen LogP contribution in [0.25, 0.3) is 6.08 Å². The van der Waals surface area contributed by atoms with Gasteiger partial charge in [-0.05, 0) is 61.9 Å². The van der Waals surface area contributed by atoms with Crippen molar-refractivity contribution in [3.63, 3.8) is 0 Å². The van der Waals surface area contributed by atoms with Gasteiger partial charge in [0, 0.05) is 30.7 Å². The largest absolute Gasteiger partial charge is 0.507 e. The molecule has 0 aromatic heterocycles. The van der Waals surface area contributed by atoms with Crippen molar-refractivity contribution in [2.75, 3.05) is 27.9 Å². The summed E-state index contributed by atoms with van der Waals surface area (Å²) < 4.78 is 22.0. The fourth-order valence-corrected chi connectivity index (χ4v) is 5.10. The number of nitrogens with zero attached hydrogens (tertiary/aromatic N) is 1. The Labute approximate surface area is 251 Å². The molecule has 230 valence electrons. The van der Waals surface area contributed by atoms with Crippen LogP contribution in [0.4, 0.5) is 0 Å². The van der Waals surface area contributed by atoms with Gasteiger partial charge >= 0.3 is 5.97 Å². The molecule has 1 heterocycles. The molecule has 0 aliphatic carbocycles. The van der Waals surface area contributed by atoms with Crippen molar-refractivity contribution < 1.29 is 43.5 Å². The average molecular weight is 595 g/mol.